The lowest BCUT2D eigenvalue weighted by Crippen LogP contribution is -2.34. The van der Waals surface area contributed by atoms with Crippen LogP contribution in [0.5, 0.6) is 0 Å². The van der Waals surface area contributed by atoms with Crippen molar-refractivity contribution in [2.45, 2.75) is 13.3 Å². The molecule has 1 rings (SSSR count). The summed E-state index contributed by atoms with van der Waals surface area (Å²) in [6, 6.07) is 1.53. The maximum absolute atomic E-state index is 11.1. The molecule has 2 amide bonds. The van der Waals surface area contributed by atoms with Gasteiger partial charge >= 0.3 is 6.03 Å². The van der Waals surface area contributed by atoms with E-state index in [9.17, 15) is 4.79 Å². The van der Waals surface area contributed by atoms with Gasteiger partial charge in [-0.1, -0.05) is 12.1 Å². The highest BCUT2D eigenvalue weighted by Crippen LogP contribution is 2.12. The number of urea groups is 1. The number of carbonyl (C=O) groups excluding carboxylic acids is 1. The summed E-state index contributed by atoms with van der Waals surface area (Å²) in [6.07, 6.45) is 0.772. The summed E-state index contributed by atoms with van der Waals surface area (Å²) in [4.78, 5) is 12.5. The van der Waals surface area contributed by atoms with Crippen LogP contribution < -0.4 is 10.2 Å². The Bertz CT molecular complexity index is 295. The van der Waals surface area contributed by atoms with Crippen LogP contribution in [0.15, 0.2) is 10.6 Å². The van der Waals surface area contributed by atoms with Crippen LogP contribution in [0.2, 0.25) is 0 Å². The van der Waals surface area contributed by atoms with Crippen LogP contribution in [0, 0.1) is 0 Å². The zero-order valence-electron chi connectivity index (χ0n) is 8.00. The van der Waals surface area contributed by atoms with Crippen molar-refractivity contribution in [1.82, 2.24) is 10.5 Å². The fourth-order valence-electron chi connectivity index (χ4n) is 0.899. The molecular formula is C8H13N3O2. The Hall–Kier alpha value is -1.52. The molecule has 0 spiro atoms. The summed E-state index contributed by atoms with van der Waals surface area (Å²) in [5.41, 5.74) is 0. The van der Waals surface area contributed by atoms with Gasteiger partial charge in [-0.15, -0.1) is 0 Å². The average molecular weight is 183 g/mol. The monoisotopic (exact) mass is 183 g/mol. The Labute approximate surface area is 76.7 Å². The SMILES string of the molecule is CCc1cc(N(C)C(=O)NC)no1. The molecule has 0 radical (unpaired) electrons. The van der Waals surface area contributed by atoms with Gasteiger partial charge in [0.15, 0.2) is 5.82 Å². The number of rotatable bonds is 2. The molecule has 0 atom stereocenters. The van der Waals surface area contributed by atoms with E-state index in [4.69, 9.17) is 4.52 Å². The van der Waals surface area contributed by atoms with Crippen LogP contribution >= 0.6 is 0 Å². The van der Waals surface area contributed by atoms with E-state index in [1.54, 1.807) is 20.2 Å². The van der Waals surface area contributed by atoms with Crippen LogP contribution in [0.1, 0.15) is 12.7 Å². The second-order valence-electron chi connectivity index (χ2n) is 2.62. The third-order valence-corrected chi connectivity index (χ3v) is 1.76. The predicted molar refractivity (Wildman–Crippen MR) is 48.7 cm³/mol. The first-order valence-electron chi connectivity index (χ1n) is 4.10. The molecule has 0 fully saturated rings. The lowest BCUT2D eigenvalue weighted by Gasteiger charge is -2.11. The fraction of sp³-hybridized carbons (Fsp3) is 0.500. The first-order chi connectivity index (χ1) is 6.19. The molecule has 1 aromatic rings. The summed E-state index contributed by atoms with van der Waals surface area (Å²) in [7, 11) is 3.20. The number of hydrogen-bond acceptors (Lipinski definition) is 3. The van der Waals surface area contributed by atoms with Crippen LogP contribution in [-0.4, -0.2) is 25.3 Å². The standard InChI is InChI=1S/C8H13N3O2/c1-4-6-5-7(10-13-6)11(3)8(12)9-2/h5H,4H2,1-3H3,(H,9,12). The van der Waals surface area contributed by atoms with Crippen LogP contribution in [0.4, 0.5) is 10.6 Å². The minimum Gasteiger partial charge on any atom is -0.359 e. The highest BCUT2D eigenvalue weighted by Gasteiger charge is 2.12. The third kappa shape index (κ3) is 1.99. The largest absolute Gasteiger partial charge is 0.359 e. The first-order valence-corrected chi connectivity index (χ1v) is 4.10. The molecule has 0 aliphatic carbocycles. The first kappa shape index (κ1) is 9.57. The summed E-state index contributed by atoms with van der Waals surface area (Å²) in [5.74, 6) is 1.29. The van der Waals surface area contributed by atoms with Crippen molar-refractivity contribution in [3.8, 4) is 0 Å². The number of carbonyl (C=O) groups is 1. The van der Waals surface area contributed by atoms with E-state index in [1.807, 2.05) is 6.92 Å². The summed E-state index contributed by atoms with van der Waals surface area (Å²) >= 11 is 0. The Morgan fingerprint density at radius 1 is 1.77 bits per heavy atom. The average Bonchev–Trinajstić information content (AvgIpc) is 2.63. The van der Waals surface area contributed by atoms with Crippen molar-refractivity contribution >= 4 is 11.8 Å². The number of anilines is 1. The van der Waals surface area contributed by atoms with E-state index < -0.39 is 0 Å². The highest BCUT2D eigenvalue weighted by molar-refractivity contribution is 5.89. The van der Waals surface area contributed by atoms with Crippen LogP contribution in [-0.2, 0) is 6.42 Å². The maximum Gasteiger partial charge on any atom is 0.322 e. The lowest BCUT2D eigenvalue weighted by atomic mass is 10.3. The van der Waals surface area contributed by atoms with Crippen molar-refractivity contribution in [3.05, 3.63) is 11.8 Å². The summed E-state index contributed by atoms with van der Waals surface area (Å²) < 4.78 is 4.96. The predicted octanol–water partition coefficient (Wildman–Crippen LogP) is 1.01. The van der Waals surface area contributed by atoms with Crippen molar-refractivity contribution < 1.29 is 9.32 Å². The van der Waals surface area contributed by atoms with Gasteiger partial charge in [0.05, 0.1) is 0 Å². The number of nitrogens with one attached hydrogen (secondary N) is 1. The van der Waals surface area contributed by atoms with Crippen molar-refractivity contribution in [1.29, 1.82) is 0 Å². The van der Waals surface area contributed by atoms with Gasteiger partial charge in [-0.25, -0.2) is 4.79 Å². The fourth-order valence-corrected chi connectivity index (χ4v) is 0.899. The maximum atomic E-state index is 11.1. The quantitative estimate of drug-likeness (QED) is 0.744. The van der Waals surface area contributed by atoms with Gasteiger partial charge < -0.3 is 9.84 Å². The molecule has 0 aromatic carbocycles. The molecule has 72 valence electrons. The van der Waals surface area contributed by atoms with Gasteiger partial charge in [0.25, 0.3) is 0 Å². The Morgan fingerprint density at radius 2 is 2.46 bits per heavy atom. The second kappa shape index (κ2) is 3.93. The van der Waals surface area contributed by atoms with E-state index in [2.05, 4.69) is 10.5 Å². The van der Waals surface area contributed by atoms with E-state index >= 15 is 0 Å². The molecule has 1 N–H and O–H groups in total. The van der Waals surface area contributed by atoms with Gasteiger partial charge in [0, 0.05) is 26.6 Å². The van der Waals surface area contributed by atoms with E-state index in [0.29, 0.717) is 5.82 Å². The summed E-state index contributed by atoms with van der Waals surface area (Å²) in [5, 5.41) is 6.24. The van der Waals surface area contributed by atoms with Gasteiger partial charge in [-0.05, 0) is 0 Å². The summed E-state index contributed by atoms with van der Waals surface area (Å²) in [6.45, 7) is 1.96. The Balaban J connectivity index is 2.76. The highest BCUT2D eigenvalue weighted by atomic mass is 16.5. The number of nitrogens with zero attached hydrogens (tertiary/aromatic N) is 2. The molecule has 0 saturated heterocycles. The number of hydrogen-bond donors (Lipinski definition) is 1. The number of amides is 2. The molecule has 5 nitrogen and oxygen atoms in total. The molecule has 1 aromatic heterocycles. The van der Waals surface area contributed by atoms with Gasteiger partial charge in [-0.2, -0.15) is 0 Å². The van der Waals surface area contributed by atoms with Crippen molar-refractivity contribution in [2.24, 2.45) is 0 Å². The molecule has 13 heavy (non-hydrogen) atoms. The molecule has 0 saturated carbocycles. The van der Waals surface area contributed by atoms with Gasteiger partial charge in [0.2, 0.25) is 0 Å². The molecular weight excluding hydrogens is 170 g/mol. The van der Waals surface area contributed by atoms with Gasteiger partial charge in [0.1, 0.15) is 5.76 Å². The molecule has 0 aliphatic heterocycles. The Kier molecular flexibility index (Phi) is 2.89. The minimum atomic E-state index is -0.212. The molecule has 1 heterocycles. The van der Waals surface area contributed by atoms with Crippen LogP contribution in [0.25, 0.3) is 0 Å². The number of aromatic nitrogens is 1. The molecule has 0 bridgehead atoms. The smallest absolute Gasteiger partial charge is 0.322 e. The van der Waals surface area contributed by atoms with Crippen LogP contribution in [0.3, 0.4) is 0 Å². The number of aryl methyl sites for hydroxylation is 1. The minimum absolute atomic E-state index is 0.212. The zero-order chi connectivity index (χ0) is 9.84. The topological polar surface area (TPSA) is 58.4 Å². The lowest BCUT2D eigenvalue weighted by molar-refractivity contribution is 0.249. The van der Waals surface area contributed by atoms with E-state index in [0.717, 1.165) is 12.2 Å². The third-order valence-electron chi connectivity index (χ3n) is 1.76. The Morgan fingerprint density at radius 3 is 2.92 bits per heavy atom. The molecule has 0 aliphatic rings. The van der Waals surface area contributed by atoms with E-state index in [-0.39, 0.29) is 6.03 Å². The van der Waals surface area contributed by atoms with Crippen molar-refractivity contribution in [2.75, 3.05) is 19.0 Å². The zero-order valence-corrected chi connectivity index (χ0v) is 8.00. The second-order valence-corrected chi connectivity index (χ2v) is 2.62. The van der Waals surface area contributed by atoms with Gasteiger partial charge in [-0.3, -0.25) is 4.90 Å². The van der Waals surface area contributed by atoms with E-state index in [1.165, 1.54) is 4.90 Å². The van der Waals surface area contributed by atoms with Crippen molar-refractivity contribution in [3.63, 3.8) is 0 Å². The normalized spacial score (nSPS) is 9.77. The molecule has 0 unspecified atom stereocenters. The molecule has 5 heteroatoms.